The molecule has 0 aromatic heterocycles. The molecule has 2 aromatic carbocycles. The number of aromatic carboxylic acids is 1. The second-order valence-electron chi connectivity index (χ2n) is 5.84. The number of nitrogens with one attached hydrogen (secondary N) is 2. The fraction of sp³-hybridized carbons (Fsp3) is 0.250. The van der Waals surface area contributed by atoms with Crippen molar-refractivity contribution in [3.8, 4) is 0 Å². The van der Waals surface area contributed by atoms with Crippen LogP contribution in [0.5, 0.6) is 0 Å². The average molecular weight is 354 g/mol. The molecule has 136 valence electrons. The summed E-state index contributed by atoms with van der Waals surface area (Å²) >= 11 is 0. The van der Waals surface area contributed by atoms with Crippen molar-refractivity contribution in [1.29, 1.82) is 0 Å². The summed E-state index contributed by atoms with van der Waals surface area (Å²) in [5.41, 5.74) is 2.42. The van der Waals surface area contributed by atoms with Gasteiger partial charge in [-0.15, -0.1) is 0 Å². The van der Waals surface area contributed by atoms with Crippen molar-refractivity contribution in [2.45, 2.75) is 19.3 Å². The van der Waals surface area contributed by atoms with Crippen LogP contribution >= 0.6 is 0 Å². The molecule has 0 saturated carbocycles. The standard InChI is InChI=1S/C20H22N2O4/c1-21-19(24)16-7-4-5-14(13-16)11-12-22-18(23)10-9-15-6-2-3-8-17(15)20(25)26/h2-8,13H,9-12H2,1H3,(H,21,24)(H,22,23)(H,25,26). The van der Waals surface area contributed by atoms with E-state index in [1.807, 2.05) is 12.1 Å². The van der Waals surface area contributed by atoms with Gasteiger partial charge in [0.1, 0.15) is 0 Å². The second-order valence-corrected chi connectivity index (χ2v) is 5.84. The van der Waals surface area contributed by atoms with Crippen molar-refractivity contribution >= 4 is 17.8 Å². The summed E-state index contributed by atoms with van der Waals surface area (Å²) in [6.07, 6.45) is 1.21. The second kappa shape index (κ2) is 9.36. The lowest BCUT2D eigenvalue weighted by Crippen LogP contribution is -2.26. The average Bonchev–Trinajstić information content (AvgIpc) is 2.66. The van der Waals surface area contributed by atoms with Crippen LogP contribution in [0.15, 0.2) is 48.5 Å². The van der Waals surface area contributed by atoms with Crippen molar-refractivity contribution < 1.29 is 19.5 Å². The summed E-state index contributed by atoms with van der Waals surface area (Å²) in [4.78, 5) is 34.8. The quantitative estimate of drug-likeness (QED) is 0.676. The first-order valence-electron chi connectivity index (χ1n) is 8.40. The first kappa shape index (κ1) is 19.2. The van der Waals surface area contributed by atoms with Gasteiger partial charge in [0.15, 0.2) is 0 Å². The number of benzene rings is 2. The number of rotatable bonds is 8. The number of carbonyl (C=O) groups is 3. The van der Waals surface area contributed by atoms with Gasteiger partial charge in [-0.3, -0.25) is 9.59 Å². The molecule has 6 heteroatoms. The maximum Gasteiger partial charge on any atom is 0.335 e. The molecule has 0 aliphatic rings. The van der Waals surface area contributed by atoms with Crippen LogP contribution in [0.3, 0.4) is 0 Å². The molecule has 0 spiro atoms. The zero-order valence-electron chi connectivity index (χ0n) is 14.6. The van der Waals surface area contributed by atoms with E-state index in [4.69, 9.17) is 5.11 Å². The molecule has 26 heavy (non-hydrogen) atoms. The zero-order chi connectivity index (χ0) is 18.9. The van der Waals surface area contributed by atoms with Crippen LogP contribution in [0, 0.1) is 0 Å². The number of aryl methyl sites for hydroxylation is 1. The smallest absolute Gasteiger partial charge is 0.335 e. The van der Waals surface area contributed by atoms with E-state index in [1.54, 1.807) is 37.4 Å². The predicted octanol–water partition coefficient (Wildman–Crippen LogP) is 2.04. The minimum atomic E-state index is -0.989. The van der Waals surface area contributed by atoms with Crippen molar-refractivity contribution in [3.05, 3.63) is 70.8 Å². The van der Waals surface area contributed by atoms with Crippen LogP contribution in [0.1, 0.15) is 38.3 Å². The van der Waals surface area contributed by atoms with E-state index in [0.29, 0.717) is 30.5 Å². The van der Waals surface area contributed by atoms with Gasteiger partial charge in [-0.1, -0.05) is 30.3 Å². The fourth-order valence-electron chi connectivity index (χ4n) is 2.64. The molecule has 0 heterocycles. The first-order chi connectivity index (χ1) is 12.5. The molecule has 3 N–H and O–H groups in total. The number of hydrogen-bond donors (Lipinski definition) is 3. The molecular formula is C20H22N2O4. The van der Waals surface area contributed by atoms with Gasteiger partial charge in [-0.25, -0.2) is 4.79 Å². The molecule has 2 rings (SSSR count). The van der Waals surface area contributed by atoms with Gasteiger partial charge in [-0.05, 0) is 42.2 Å². The summed E-state index contributed by atoms with van der Waals surface area (Å²) in [6.45, 7) is 0.455. The molecule has 0 aliphatic carbocycles. The first-order valence-corrected chi connectivity index (χ1v) is 8.40. The Morgan fingerprint density at radius 1 is 1.00 bits per heavy atom. The topological polar surface area (TPSA) is 95.5 Å². The van der Waals surface area contributed by atoms with Crippen molar-refractivity contribution in [2.75, 3.05) is 13.6 Å². The molecule has 0 radical (unpaired) electrons. The van der Waals surface area contributed by atoms with E-state index in [1.165, 1.54) is 6.07 Å². The molecule has 0 fully saturated rings. The minimum absolute atomic E-state index is 0.132. The Labute approximate surface area is 152 Å². The van der Waals surface area contributed by atoms with Crippen molar-refractivity contribution in [3.63, 3.8) is 0 Å². The summed E-state index contributed by atoms with van der Waals surface area (Å²) < 4.78 is 0. The highest BCUT2D eigenvalue weighted by Crippen LogP contribution is 2.11. The Morgan fingerprint density at radius 3 is 2.50 bits per heavy atom. The molecule has 2 aromatic rings. The van der Waals surface area contributed by atoms with Gasteiger partial charge >= 0.3 is 5.97 Å². The Hall–Kier alpha value is -3.15. The lowest BCUT2D eigenvalue weighted by atomic mass is 10.0. The van der Waals surface area contributed by atoms with Gasteiger partial charge in [0.25, 0.3) is 5.91 Å². The van der Waals surface area contributed by atoms with Crippen LogP contribution in [-0.2, 0) is 17.6 Å². The van der Waals surface area contributed by atoms with E-state index < -0.39 is 5.97 Å². The van der Waals surface area contributed by atoms with Crippen molar-refractivity contribution in [1.82, 2.24) is 10.6 Å². The van der Waals surface area contributed by atoms with E-state index >= 15 is 0 Å². The van der Waals surface area contributed by atoms with Crippen molar-refractivity contribution in [2.24, 2.45) is 0 Å². The Morgan fingerprint density at radius 2 is 1.77 bits per heavy atom. The van der Waals surface area contributed by atoms with Crippen LogP contribution in [0.25, 0.3) is 0 Å². The third-order valence-corrected chi connectivity index (χ3v) is 4.02. The fourth-order valence-corrected chi connectivity index (χ4v) is 2.64. The summed E-state index contributed by atoms with van der Waals surface area (Å²) in [5.74, 6) is -1.27. The van der Waals surface area contributed by atoms with Crippen LogP contribution < -0.4 is 10.6 Å². The highest BCUT2D eigenvalue weighted by Gasteiger charge is 2.10. The third kappa shape index (κ3) is 5.44. The highest BCUT2D eigenvalue weighted by molar-refractivity contribution is 5.94. The van der Waals surface area contributed by atoms with Gasteiger partial charge in [-0.2, -0.15) is 0 Å². The number of hydrogen-bond acceptors (Lipinski definition) is 3. The highest BCUT2D eigenvalue weighted by atomic mass is 16.4. The summed E-state index contributed by atoms with van der Waals surface area (Å²) in [5, 5.41) is 14.6. The van der Waals surface area contributed by atoms with Gasteiger partial charge < -0.3 is 15.7 Å². The van der Waals surface area contributed by atoms with Crippen LogP contribution in [-0.4, -0.2) is 36.5 Å². The van der Waals surface area contributed by atoms with E-state index in [-0.39, 0.29) is 23.8 Å². The zero-order valence-corrected chi connectivity index (χ0v) is 14.6. The maximum absolute atomic E-state index is 12.0. The molecule has 0 unspecified atom stereocenters. The number of carbonyl (C=O) groups excluding carboxylic acids is 2. The summed E-state index contributed by atoms with van der Waals surface area (Å²) in [6, 6.07) is 13.9. The third-order valence-electron chi connectivity index (χ3n) is 4.02. The Kier molecular flexibility index (Phi) is 6.91. The molecule has 0 bridgehead atoms. The SMILES string of the molecule is CNC(=O)c1cccc(CCNC(=O)CCc2ccccc2C(=O)O)c1. The molecular weight excluding hydrogens is 332 g/mol. The molecule has 0 saturated heterocycles. The number of amides is 2. The summed E-state index contributed by atoms with van der Waals surface area (Å²) in [7, 11) is 1.58. The van der Waals surface area contributed by atoms with Crippen LogP contribution in [0.4, 0.5) is 0 Å². The van der Waals surface area contributed by atoms with Gasteiger partial charge in [0.2, 0.25) is 5.91 Å². The maximum atomic E-state index is 12.0. The normalized spacial score (nSPS) is 10.2. The van der Waals surface area contributed by atoms with E-state index in [9.17, 15) is 14.4 Å². The lowest BCUT2D eigenvalue weighted by Gasteiger charge is -2.08. The van der Waals surface area contributed by atoms with E-state index in [0.717, 1.165) is 5.56 Å². The molecule has 2 amide bonds. The minimum Gasteiger partial charge on any atom is -0.478 e. The van der Waals surface area contributed by atoms with Gasteiger partial charge in [0, 0.05) is 25.6 Å². The lowest BCUT2D eigenvalue weighted by molar-refractivity contribution is -0.121. The molecule has 0 aliphatic heterocycles. The Balaban J connectivity index is 1.81. The Bertz CT molecular complexity index is 802. The van der Waals surface area contributed by atoms with Crippen LogP contribution in [0.2, 0.25) is 0 Å². The van der Waals surface area contributed by atoms with Gasteiger partial charge in [0.05, 0.1) is 5.56 Å². The largest absolute Gasteiger partial charge is 0.478 e. The molecule has 0 atom stereocenters. The van der Waals surface area contributed by atoms with E-state index in [2.05, 4.69) is 10.6 Å². The monoisotopic (exact) mass is 354 g/mol. The predicted molar refractivity (Wildman–Crippen MR) is 98.3 cm³/mol. The number of carboxylic acids is 1. The molecule has 6 nitrogen and oxygen atoms in total. The number of carboxylic acid groups (broad SMARTS) is 1.